The maximum Gasteiger partial charge on any atom is 0.275 e. The summed E-state index contributed by atoms with van der Waals surface area (Å²) < 4.78 is 33.8. The first-order valence-corrected chi connectivity index (χ1v) is 10.4. The maximum atomic E-state index is 14.0. The zero-order valence-corrected chi connectivity index (χ0v) is 17.1. The van der Waals surface area contributed by atoms with Crippen molar-refractivity contribution in [3.05, 3.63) is 64.9 Å². The predicted octanol–water partition coefficient (Wildman–Crippen LogP) is 3.31. The van der Waals surface area contributed by atoms with E-state index in [1.54, 1.807) is 13.0 Å². The second-order valence-corrected chi connectivity index (χ2v) is 8.03. The van der Waals surface area contributed by atoms with Gasteiger partial charge >= 0.3 is 0 Å². The van der Waals surface area contributed by atoms with E-state index in [0.717, 1.165) is 23.5 Å². The minimum Gasteiger partial charge on any atom is -0.390 e. The van der Waals surface area contributed by atoms with Gasteiger partial charge in [0.05, 0.1) is 35.8 Å². The van der Waals surface area contributed by atoms with Crippen molar-refractivity contribution in [2.24, 2.45) is 0 Å². The number of ether oxygens (including phenoxy) is 1. The molecule has 7 nitrogen and oxygen atoms in total. The Labute approximate surface area is 180 Å². The number of nitrogens with zero attached hydrogens (tertiary/aromatic N) is 2. The fourth-order valence-electron chi connectivity index (χ4n) is 3.44. The first-order valence-electron chi connectivity index (χ1n) is 9.52. The van der Waals surface area contributed by atoms with Gasteiger partial charge in [-0.15, -0.1) is 11.3 Å². The molecule has 0 aliphatic carbocycles. The van der Waals surface area contributed by atoms with Crippen LogP contribution in [0.3, 0.4) is 0 Å². The van der Waals surface area contributed by atoms with Crippen LogP contribution in [0.15, 0.2) is 42.0 Å². The molecule has 1 aliphatic rings. The van der Waals surface area contributed by atoms with Gasteiger partial charge in [0.2, 0.25) is 0 Å². The second-order valence-electron chi connectivity index (χ2n) is 7.18. The molecule has 0 radical (unpaired) electrons. The van der Waals surface area contributed by atoms with Gasteiger partial charge in [0.25, 0.3) is 5.91 Å². The molecule has 1 aliphatic heterocycles. The van der Waals surface area contributed by atoms with Gasteiger partial charge in [0.15, 0.2) is 0 Å². The van der Waals surface area contributed by atoms with Crippen LogP contribution in [-0.2, 0) is 4.74 Å². The third kappa shape index (κ3) is 4.33. The van der Waals surface area contributed by atoms with Crippen LogP contribution in [0, 0.1) is 11.6 Å². The van der Waals surface area contributed by atoms with Crippen molar-refractivity contribution >= 4 is 22.9 Å². The topological polar surface area (TPSA) is 105 Å². The fraction of sp³-hybridized carbons (Fsp3) is 0.286. The number of rotatable bonds is 4. The number of benzene rings is 1. The van der Waals surface area contributed by atoms with Crippen molar-refractivity contribution in [2.75, 3.05) is 5.32 Å². The third-order valence-electron chi connectivity index (χ3n) is 5.07. The van der Waals surface area contributed by atoms with Crippen LogP contribution < -0.4 is 5.32 Å². The van der Waals surface area contributed by atoms with Crippen LogP contribution in [0.1, 0.15) is 35.5 Å². The number of carbonyl (C=O) groups is 1. The van der Waals surface area contributed by atoms with Crippen molar-refractivity contribution in [3.8, 4) is 10.6 Å². The number of aliphatic hydroxyl groups excluding tert-OH is 2. The average molecular weight is 447 g/mol. The summed E-state index contributed by atoms with van der Waals surface area (Å²) in [5, 5.41) is 24.1. The molecule has 0 bridgehead atoms. The van der Waals surface area contributed by atoms with E-state index in [0.29, 0.717) is 11.3 Å². The van der Waals surface area contributed by atoms with E-state index in [1.165, 1.54) is 23.8 Å². The molecule has 4 atom stereocenters. The molecule has 2 aromatic heterocycles. The minimum atomic E-state index is -0.997. The number of aliphatic hydroxyl groups is 2. The number of pyridine rings is 1. The summed E-state index contributed by atoms with van der Waals surface area (Å²) in [5.41, 5.74) is 0.633. The van der Waals surface area contributed by atoms with Gasteiger partial charge in [-0.05, 0) is 25.1 Å². The van der Waals surface area contributed by atoms with Crippen LogP contribution in [0.4, 0.5) is 14.5 Å². The number of hydrogen-bond donors (Lipinski definition) is 3. The normalized spacial score (nSPS) is 23.5. The Balaban J connectivity index is 1.56. The number of carbonyl (C=O) groups excluding carboxylic acids is 1. The molecular weight excluding hydrogens is 428 g/mol. The predicted molar refractivity (Wildman–Crippen MR) is 110 cm³/mol. The molecule has 1 aromatic carbocycles. The molecule has 3 heterocycles. The second kappa shape index (κ2) is 8.75. The molecule has 3 N–H and O–H groups in total. The molecule has 0 spiro atoms. The lowest BCUT2D eigenvalue weighted by Gasteiger charge is -2.36. The quantitative estimate of drug-likeness (QED) is 0.567. The van der Waals surface area contributed by atoms with E-state index >= 15 is 0 Å². The third-order valence-corrected chi connectivity index (χ3v) is 5.93. The Hall–Kier alpha value is -2.79. The van der Waals surface area contributed by atoms with Gasteiger partial charge in [-0.3, -0.25) is 9.78 Å². The van der Waals surface area contributed by atoms with Crippen molar-refractivity contribution in [1.29, 1.82) is 0 Å². The summed E-state index contributed by atoms with van der Waals surface area (Å²) >= 11 is 0.950. The lowest BCUT2D eigenvalue weighted by molar-refractivity contribution is -0.163. The Morgan fingerprint density at radius 3 is 2.71 bits per heavy atom. The van der Waals surface area contributed by atoms with E-state index in [4.69, 9.17) is 4.74 Å². The number of hydrogen-bond acceptors (Lipinski definition) is 7. The van der Waals surface area contributed by atoms with E-state index in [1.807, 2.05) is 0 Å². The van der Waals surface area contributed by atoms with E-state index < -0.39 is 42.0 Å². The molecule has 1 saturated heterocycles. The maximum absolute atomic E-state index is 14.0. The van der Waals surface area contributed by atoms with Crippen LogP contribution in [0.5, 0.6) is 0 Å². The summed E-state index contributed by atoms with van der Waals surface area (Å²) in [6.07, 6.45) is -0.0231. The van der Waals surface area contributed by atoms with Gasteiger partial charge in [0.1, 0.15) is 28.4 Å². The Morgan fingerprint density at radius 1 is 1.26 bits per heavy atom. The van der Waals surface area contributed by atoms with Gasteiger partial charge < -0.3 is 20.3 Å². The summed E-state index contributed by atoms with van der Waals surface area (Å²) in [6.45, 7) is 1.65. The minimum absolute atomic E-state index is 0.00848. The summed E-state index contributed by atoms with van der Waals surface area (Å²) in [5.74, 6) is -2.11. The van der Waals surface area contributed by atoms with Gasteiger partial charge in [-0.25, -0.2) is 13.8 Å². The highest BCUT2D eigenvalue weighted by Crippen LogP contribution is 2.35. The Bertz CT molecular complexity index is 1080. The van der Waals surface area contributed by atoms with Crippen LogP contribution in [0.2, 0.25) is 0 Å². The number of thiazole rings is 1. The van der Waals surface area contributed by atoms with Gasteiger partial charge in [-0.2, -0.15) is 0 Å². The number of aromatic nitrogens is 2. The zero-order chi connectivity index (χ0) is 22.1. The summed E-state index contributed by atoms with van der Waals surface area (Å²) in [7, 11) is 0. The molecular formula is C21H19F2N3O4S. The molecule has 1 fully saturated rings. The molecule has 0 unspecified atom stereocenters. The first-order chi connectivity index (χ1) is 14.8. The summed E-state index contributed by atoms with van der Waals surface area (Å²) in [6, 6.07) is 5.15. The molecule has 0 saturated carbocycles. The Kier molecular flexibility index (Phi) is 6.05. The van der Waals surface area contributed by atoms with Crippen molar-refractivity contribution in [2.45, 2.75) is 37.8 Å². The average Bonchev–Trinajstić information content (AvgIpc) is 3.22. The zero-order valence-electron chi connectivity index (χ0n) is 16.3. The van der Waals surface area contributed by atoms with E-state index in [2.05, 4.69) is 15.3 Å². The first kappa shape index (κ1) is 21.4. The highest BCUT2D eigenvalue weighted by atomic mass is 32.1. The Morgan fingerprint density at radius 2 is 2.00 bits per heavy atom. The molecule has 10 heteroatoms. The number of halogens is 2. The van der Waals surface area contributed by atoms with Crippen LogP contribution in [-0.4, -0.2) is 44.4 Å². The van der Waals surface area contributed by atoms with Crippen LogP contribution in [0.25, 0.3) is 10.6 Å². The lowest BCUT2D eigenvalue weighted by atomic mass is 9.94. The van der Waals surface area contributed by atoms with Crippen molar-refractivity contribution in [3.63, 3.8) is 0 Å². The standard InChI is InChI=1S/C21H19F2N3O4S/c1-10-19(28)16(27)7-17(30-10)11-5-6-24-8-14(11)25-20(29)15-9-31-21(26-15)18-12(22)3-2-4-13(18)23/h2-6,8-10,16-17,19,27-28H,7H2,1H3,(H,25,29)/t10-,16-,17-,19-/m0/s1. The largest absolute Gasteiger partial charge is 0.390 e. The monoisotopic (exact) mass is 447 g/mol. The SMILES string of the molecule is C[C@@H]1O[C@H](c2ccncc2NC(=O)c2csc(-c3c(F)cccc3F)n2)C[C@H](O)[C@H]1O. The molecule has 31 heavy (non-hydrogen) atoms. The molecule has 162 valence electrons. The molecule has 3 aromatic rings. The van der Waals surface area contributed by atoms with E-state index in [-0.39, 0.29) is 22.7 Å². The van der Waals surface area contributed by atoms with Crippen molar-refractivity contribution in [1.82, 2.24) is 9.97 Å². The smallest absolute Gasteiger partial charge is 0.275 e. The number of nitrogens with one attached hydrogen (secondary N) is 1. The van der Waals surface area contributed by atoms with Gasteiger partial charge in [0, 0.05) is 23.6 Å². The van der Waals surface area contributed by atoms with Gasteiger partial charge in [-0.1, -0.05) is 6.07 Å². The van der Waals surface area contributed by atoms with Crippen LogP contribution >= 0.6 is 11.3 Å². The highest BCUT2D eigenvalue weighted by molar-refractivity contribution is 7.13. The van der Waals surface area contributed by atoms with Crippen molar-refractivity contribution < 1.29 is 28.5 Å². The highest BCUT2D eigenvalue weighted by Gasteiger charge is 2.35. The fourth-order valence-corrected chi connectivity index (χ4v) is 4.29. The number of anilines is 1. The molecule has 1 amide bonds. The van der Waals surface area contributed by atoms with E-state index in [9.17, 15) is 23.8 Å². The summed E-state index contributed by atoms with van der Waals surface area (Å²) in [4.78, 5) is 20.8. The number of amides is 1. The lowest BCUT2D eigenvalue weighted by Crippen LogP contribution is -2.44. The molecule has 4 rings (SSSR count).